The molecule has 158 valence electrons. The largest absolute Gasteiger partial charge is 0.462 e. The first-order chi connectivity index (χ1) is 11.9. The van der Waals surface area contributed by atoms with Crippen LogP contribution in [0, 0.1) is 0 Å². The second-order valence-electron chi connectivity index (χ2n) is 5.40. The van der Waals surface area contributed by atoms with Crippen molar-refractivity contribution in [1.82, 2.24) is 0 Å². The molecule has 0 unspecified atom stereocenters. The lowest BCUT2D eigenvalue weighted by Crippen LogP contribution is -2.63. The summed E-state index contributed by atoms with van der Waals surface area (Å²) in [5, 5.41) is 0. The van der Waals surface area contributed by atoms with Crippen LogP contribution in [0.5, 0.6) is 0 Å². The maximum absolute atomic E-state index is 12.9. The van der Waals surface area contributed by atoms with E-state index < -0.39 is 52.2 Å². The first-order valence-electron chi connectivity index (χ1n) is 7.06. The van der Waals surface area contributed by atoms with Crippen LogP contribution in [0.4, 0.5) is 26.3 Å². The highest BCUT2D eigenvalue weighted by molar-refractivity contribution is 7.85. The molecule has 1 N–H and O–H groups in total. The van der Waals surface area contributed by atoms with Crippen molar-refractivity contribution in [1.29, 1.82) is 0 Å². The number of carbonyl (C=O) groups excluding carboxylic acids is 2. The maximum atomic E-state index is 12.9. The zero-order valence-electron chi connectivity index (χ0n) is 13.8. The molecule has 7 nitrogen and oxygen atoms in total. The summed E-state index contributed by atoms with van der Waals surface area (Å²) in [6, 6.07) is 0. The molecule has 0 fully saturated rings. The summed E-state index contributed by atoms with van der Waals surface area (Å²) in [5.74, 6) is -5.71. The molecule has 0 atom stereocenters. The molecule has 0 saturated carbocycles. The molecule has 0 aliphatic carbocycles. The van der Waals surface area contributed by atoms with E-state index in [4.69, 9.17) is 4.55 Å². The van der Waals surface area contributed by atoms with Gasteiger partial charge in [0.05, 0.1) is 6.61 Å². The van der Waals surface area contributed by atoms with Crippen molar-refractivity contribution in [2.45, 2.75) is 44.1 Å². The normalized spacial score (nSPS) is 13.2. The molecule has 0 heterocycles. The van der Waals surface area contributed by atoms with Crippen LogP contribution in [-0.4, -0.2) is 55.2 Å². The third-order valence-corrected chi connectivity index (χ3v) is 3.72. The summed E-state index contributed by atoms with van der Waals surface area (Å²) in [6.07, 6.45) is -14.1. The van der Waals surface area contributed by atoms with Gasteiger partial charge in [0.15, 0.2) is 0 Å². The van der Waals surface area contributed by atoms with E-state index in [9.17, 15) is 44.3 Å². The standard InChI is InChI=1S/C13H16F6O7S/c1-8(2)10(21)25-6-4-3-5-9(20)26-11(12(14,15)16,13(17,18)19)7-27(22,23)24/h1,3-7H2,2H3,(H,22,23,24). The molecular formula is C13H16F6O7S. The van der Waals surface area contributed by atoms with E-state index in [-0.39, 0.29) is 25.0 Å². The minimum absolute atomic E-state index is 0.0553. The van der Waals surface area contributed by atoms with Gasteiger partial charge >= 0.3 is 29.9 Å². The van der Waals surface area contributed by atoms with Crippen LogP contribution in [0.15, 0.2) is 12.2 Å². The van der Waals surface area contributed by atoms with Crippen molar-refractivity contribution in [3.8, 4) is 0 Å². The molecular weight excluding hydrogens is 414 g/mol. The number of hydrogen-bond acceptors (Lipinski definition) is 6. The van der Waals surface area contributed by atoms with Crippen LogP contribution in [0.1, 0.15) is 26.2 Å². The molecule has 0 aromatic heterocycles. The molecule has 0 aliphatic heterocycles. The molecule has 0 saturated heterocycles. The number of ether oxygens (including phenoxy) is 2. The van der Waals surface area contributed by atoms with Gasteiger partial charge in [0.1, 0.15) is 5.75 Å². The first-order valence-corrected chi connectivity index (χ1v) is 8.67. The number of esters is 2. The van der Waals surface area contributed by atoms with E-state index in [1.165, 1.54) is 6.92 Å². The Morgan fingerprint density at radius 3 is 1.89 bits per heavy atom. The van der Waals surface area contributed by atoms with Gasteiger partial charge in [-0.1, -0.05) is 6.58 Å². The van der Waals surface area contributed by atoms with Gasteiger partial charge in [-0.2, -0.15) is 34.8 Å². The topological polar surface area (TPSA) is 107 Å². The van der Waals surface area contributed by atoms with Gasteiger partial charge in [0.25, 0.3) is 10.1 Å². The van der Waals surface area contributed by atoms with Gasteiger partial charge in [-0.3, -0.25) is 9.35 Å². The second-order valence-corrected chi connectivity index (χ2v) is 6.85. The number of unbranched alkanes of at least 4 members (excludes halogenated alkanes) is 1. The van der Waals surface area contributed by atoms with Crippen molar-refractivity contribution < 1.29 is 58.4 Å². The Labute approximate surface area is 150 Å². The Bertz CT molecular complexity index is 652. The Kier molecular flexibility index (Phi) is 8.30. The van der Waals surface area contributed by atoms with Gasteiger partial charge in [0, 0.05) is 12.0 Å². The summed E-state index contributed by atoms with van der Waals surface area (Å²) >= 11 is 0. The molecule has 0 radical (unpaired) electrons. The molecule has 0 aromatic carbocycles. The van der Waals surface area contributed by atoms with Crippen molar-refractivity contribution in [3.63, 3.8) is 0 Å². The molecule has 27 heavy (non-hydrogen) atoms. The Hall–Kier alpha value is -1.83. The van der Waals surface area contributed by atoms with E-state index in [1.807, 2.05) is 0 Å². The SMILES string of the molecule is C=C(C)C(=O)OCCCCC(=O)OC(CS(=O)(=O)O)(C(F)(F)F)C(F)(F)F. The summed E-state index contributed by atoms with van der Waals surface area (Å²) in [7, 11) is -5.82. The number of hydrogen-bond donors (Lipinski definition) is 1. The Morgan fingerprint density at radius 1 is 1.04 bits per heavy atom. The Morgan fingerprint density at radius 2 is 1.52 bits per heavy atom. The highest BCUT2D eigenvalue weighted by atomic mass is 32.2. The number of carbonyl (C=O) groups is 2. The average Bonchev–Trinajstić information content (AvgIpc) is 2.41. The smallest absolute Gasteiger partial charge is 0.438 e. The zero-order chi connectivity index (χ0) is 21.7. The van der Waals surface area contributed by atoms with Crippen molar-refractivity contribution in [2.24, 2.45) is 0 Å². The number of alkyl halides is 6. The minimum Gasteiger partial charge on any atom is -0.462 e. The van der Waals surface area contributed by atoms with Crippen LogP contribution in [0.25, 0.3) is 0 Å². The fourth-order valence-electron chi connectivity index (χ4n) is 1.63. The lowest BCUT2D eigenvalue weighted by molar-refractivity contribution is -0.361. The molecule has 0 bridgehead atoms. The summed E-state index contributed by atoms with van der Waals surface area (Å²) < 4.78 is 115. The van der Waals surface area contributed by atoms with Crippen molar-refractivity contribution >= 4 is 22.1 Å². The monoisotopic (exact) mass is 430 g/mol. The molecule has 0 amide bonds. The van der Waals surface area contributed by atoms with Crippen LogP contribution in [-0.2, 0) is 29.2 Å². The van der Waals surface area contributed by atoms with E-state index in [2.05, 4.69) is 16.1 Å². The Balaban J connectivity index is 5.11. The number of halogens is 6. The van der Waals surface area contributed by atoms with Gasteiger partial charge in [-0.25, -0.2) is 4.79 Å². The van der Waals surface area contributed by atoms with E-state index in [0.717, 1.165) is 0 Å². The lowest BCUT2D eigenvalue weighted by atomic mass is 10.1. The van der Waals surface area contributed by atoms with E-state index >= 15 is 0 Å². The van der Waals surface area contributed by atoms with E-state index in [0.29, 0.717) is 0 Å². The fraction of sp³-hybridized carbons (Fsp3) is 0.692. The maximum Gasteiger partial charge on any atom is 0.438 e. The summed E-state index contributed by atoms with van der Waals surface area (Å²) in [5.41, 5.74) is -5.36. The molecule has 14 heteroatoms. The van der Waals surface area contributed by atoms with Crippen LogP contribution < -0.4 is 0 Å². The van der Waals surface area contributed by atoms with E-state index in [1.54, 1.807) is 0 Å². The third-order valence-electron chi connectivity index (χ3n) is 2.95. The van der Waals surface area contributed by atoms with Crippen LogP contribution in [0.2, 0.25) is 0 Å². The predicted octanol–water partition coefficient (Wildman–Crippen LogP) is 2.57. The fourth-order valence-corrected chi connectivity index (χ4v) is 2.53. The molecule has 0 aliphatic rings. The molecule has 0 rings (SSSR count). The summed E-state index contributed by atoms with van der Waals surface area (Å²) in [4.78, 5) is 22.5. The van der Waals surface area contributed by atoms with Gasteiger partial charge in [-0.05, 0) is 19.8 Å². The average molecular weight is 430 g/mol. The first kappa shape index (κ1) is 25.2. The lowest BCUT2D eigenvalue weighted by Gasteiger charge is -2.35. The highest BCUT2D eigenvalue weighted by Gasteiger charge is 2.75. The minimum atomic E-state index is -6.37. The highest BCUT2D eigenvalue weighted by Crippen LogP contribution is 2.47. The van der Waals surface area contributed by atoms with Gasteiger partial charge in [-0.15, -0.1) is 0 Å². The van der Waals surface area contributed by atoms with Gasteiger partial charge in [0.2, 0.25) is 0 Å². The van der Waals surface area contributed by atoms with Gasteiger partial charge < -0.3 is 9.47 Å². The van der Waals surface area contributed by atoms with Crippen molar-refractivity contribution in [3.05, 3.63) is 12.2 Å². The molecule has 0 spiro atoms. The quantitative estimate of drug-likeness (QED) is 0.197. The summed E-state index contributed by atoms with van der Waals surface area (Å²) in [6.45, 7) is 4.32. The number of rotatable bonds is 9. The van der Waals surface area contributed by atoms with Crippen LogP contribution >= 0.6 is 0 Å². The molecule has 0 aromatic rings. The zero-order valence-corrected chi connectivity index (χ0v) is 14.6. The third kappa shape index (κ3) is 7.74. The second kappa shape index (κ2) is 8.91. The van der Waals surface area contributed by atoms with Crippen molar-refractivity contribution in [2.75, 3.05) is 12.4 Å². The predicted molar refractivity (Wildman–Crippen MR) is 77.0 cm³/mol. The van der Waals surface area contributed by atoms with Crippen LogP contribution in [0.3, 0.4) is 0 Å².